The van der Waals surface area contributed by atoms with Crippen molar-refractivity contribution in [3.63, 3.8) is 0 Å². The van der Waals surface area contributed by atoms with Crippen LogP contribution in [0.2, 0.25) is 0 Å². The zero-order valence-corrected chi connectivity index (χ0v) is 8.71. The molecule has 0 saturated carbocycles. The summed E-state index contributed by atoms with van der Waals surface area (Å²) in [5.74, 6) is -0.477. The molecule has 0 aromatic carbocycles. The van der Waals surface area contributed by atoms with Gasteiger partial charge in [0.1, 0.15) is 6.61 Å². The Bertz CT molecular complexity index is 213. The molecular weight excluding hydrogens is 182 g/mol. The predicted molar refractivity (Wildman–Crippen MR) is 53.6 cm³/mol. The highest BCUT2D eigenvalue weighted by Gasteiger charge is 2.08. The summed E-state index contributed by atoms with van der Waals surface area (Å²) in [6.07, 6.45) is 1.90. The molecule has 0 heterocycles. The summed E-state index contributed by atoms with van der Waals surface area (Å²) >= 11 is 0. The normalized spacial score (nSPS) is 11.6. The van der Waals surface area contributed by atoms with Gasteiger partial charge >= 0.3 is 5.97 Å². The van der Waals surface area contributed by atoms with E-state index in [9.17, 15) is 9.59 Å². The van der Waals surface area contributed by atoms with E-state index in [4.69, 9.17) is 0 Å². The smallest absolute Gasteiger partial charge is 0.330 e. The fourth-order valence-electron chi connectivity index (χ4n) is 0.744. The molecule has 4 nitrogen and oxygen atoms in total. The molecular formula is C10H17NO3. The lowest BCUT2D eigenvalue weighted by molar-refractivity contribution is -0.138. The van der Waals surface area contributed by atoms with Crippen molar-refractivity contribution in [2.75, 3.05) is 13.2 Å². The second-order valence-electron chi connectivity index (χ2n) is 2.97. The molecule has 0 aliphatic rings. The third kappa shape index (κ3) is 5.35. The Morgan fingerprint density at radius 3 is 2.71 bits per heavy atom. The van der Waals surface area contributed by atoms with Crippen LogP contribution in [0.15, 0.2) is 12.7 Å². The maximum Gasteiger partial charge on any atom is 0.330 e. The van der Waals surface area contributed by atoms with Crippen LogP contribution in [0, 0.1) is 5.92 Å². The molecule has 1 N–H and O–H groups in total. The lowest BCUT2D eigenvalue weighted by atomic mass is 10.1. The fourth-order valence-corrected chi connectivity index (χ4v) is 0.744. The fraction of sp³-hybridized carbons (Fsp3) is 0.600. The van der Waals surface area contributed by atoms with Gasteiger partial charge in [-0.05, 0) is 6.42 Å². The molecule has 0 saturated heterocycles. The highest BCUT2D eigenvalue weighted by Crippen LogP contribution is 1.98. The van der Waals surface area contributed by atoms with Gasteiger partial charge in [-0.3, -0.25) is 4.79 Å². The van der Waals surface area contributed by atoms with Gasteiger partial charge in [0, 0.05) is 12.0 Å². The van der Waals surface area contributed by atoms with Crippen LogP contribution in [0.5, 0.6) is 0 Å². The highest BCUT2D eigenvalue weighted by atomic mass is 16.5. The molecule has 1 unspecified atom stereocenters. The van der Waals surface area contributed by atoms with Crippen molar-refractivity contribution in [1.29, 1.82) is 0 Å². The molecule has 0 aromatic heterocycles. The van der Waals surface area contributed by atoms with Crippen molar-refractivity contribution >= 4 is 11.9 Å². The molecule has 4 heteroatoms. The van der Waals surface area contributed by atoms with E-state index in [-0.39, 0.29) is 18.4 Å². The first kappa shape index (κ1) is 12.7. The topological polar surface area (TPSA) is 55.4 Å². The summed E-state index contributed by atoms with van der Waals surface area (Å²) in [7, 11) is 0. The van der Waals surface area contributed by atoms with E-state index < -0.39 is 5.97 Å². The third-order valence-electron chi connectivity index (χ3n) is 1.87. The minimum absolute atomic E-state index is 0.00473. The minimum atomic E-state index is -0.470. The molecule has 80 valence electrons. The number of carbonyl (C=O) groups is 2. The number of amides is 1. The minimum Gasteiger partial charge on any atom is -0.461 e. The van der Waals surface area contributed by atoms with Gasteiger partial charge in [-0.25, -0.2) is 4.79 Å². The second kappa shape index (κ2) is 7.12. The van der Waals surface area contributed by atoms with Gasteiger partial charge in [-0.2, -0.15) is 0 Å². The lowest BCUT2D eigenvalue weighted by Crippen LogP contribution is -2.32. The quantitative estimate of drug-likeness (QED) is 0.392. The number of rotatable bonds is 6. The Kier molecular flexibility index (Phi) is 6.45. The third-order valence-corrected chi connectivity index (χ3v) is 1.87. The summed E-state index contributed by atoms with van der Waals surface area (Å²) in [6.45, 7) is 7.59. The van der Waals surface area contributed by atoms with Crippen LogP contribution in [-0.2, 0) is 14.3 Å². The van der Waals surface area contributed by atoms with Crippen LogP contribution in [0.3, 0.4) is 0 Å². The molecule has 0 aliphatic heterocycles. The maximum absolute atomic E-state index is 11.2. The first-order valence-corrected chi connectivity index (χ1v) is 4.68. The van der Waals surface area contributed by atoms with Gasteiger partial charge in [0.05, 0.1) is 6.54 Å². The van der Waals surface area contributed by atoms with Crippen molar-refractivity contribution in [3.05, 3.63) is 12.7 Å². The van der Waals surface area contributed by atoms with E-state index in [0.717, 1.165) is 12.5 Å². The number of carbonyl (C=O) groups excluding carboxylic acids is 2. The zero-order chi connectivity index (χ0) is 11.0. The van der Waals surface area contributed by atoms with Crippen LogP contribution in [-0.4, -0.2) is 25.0 Å². The van der Waals surface area contributed by atoms with E-state index in [1.165, 1.54) is 0 Å². The average molecular weight is 199 g/mol. The van der Waals surface area contributed by atoms with Gasteiger partial charge in [0.25, 0.3) is 0 Å². The summed E-state index contributed by atoms with van der Waals surface area (Å²) in [5.41, 5.74) is 0. The van der Waals surface area contributed by atoms with E-state index >= 15 is 0 Å². The molecule has 0 aromatic rings. The first-order valence-electron chi connectivity index (χ1n) is 4.68. The van der Waals surface area contributed by atoms with Gasteiger partial charge in [-0.1, -0.05) is 20.4 Å². The number of hydrogen-bond acceptors (Lipinski definition) is 3. The standard InChI is InChI=1S/C10H17NO3/c1-4-8(3)10(13)11-6-7-14-9(12)5-2/h5,8H,2,4,6-7H2,1,3H3,(H,11,13). The van der Waals surface area contributed by atoms with Gasteiger partial charge in [0.2, 0.25) is 5.91 Å². The Morgan fingerprint density at radius 2 is 2.21 bits per heavy atom. The monoisotopic (exact) mass is 199 g/mol. The van der Waals surface area contributed by atoms with Crippen LogP contribution >= 0.6 is 0 Å². The summed E-state index contributed by atoms with van der Waals surface area (Å²) in [4.78, 5) is 21.8. The van der Waals surface area contributed by atoms with E-state index in [1.807, 2.05) is 13.8 Å². The molecule has 14 heavy (non-hydrogen) atoms. The van der Waals surface area contributed by atoms with Gasteiger partial charge in [-0.15, -0.1) is 0 Å². The molecule has 0 fully saturated rings. The number of nitrogens with one attached hydrogen (secondary N) is 1. The van der Waals surface area contributed by atoms with Crippen molar-refractivity contribution in [1.82, 2.24) is 5.32 Å². The van der Waals surface area contributed by atoms with Crippen molar-refractivity contribution in [2.45, 2.75) is 20.3 Å². The average Bonchev–Trinajstić information content (AvgIpc) is 2.22. The van der Waals surface area contributed by atoms with Gasteiger partial charge < -0.3 is 10.1 Å². The largest absolute Gasteiger partial charge is 0.461 e. The van der Waals surface area contributed by atoms with Crippen molar-refractivity contribution in [2.24, 2.45) is 5.92 Å². The van der Waals surface area contributed by atoms with E-state index in [1.54, 1.807) is 0 Å². The Labute approximate surface area is 84.3 Å². The SMILES string of the molecule is C=CC(=O)OCCNC(=O)C(C)CC. The van der Waals surface area contributed by atoms with Crippen LogP contribution < -0.4 is 5.32 Å². The molecule has 1 atom stereocenters. The molecule has 0 bridgehead atoms. The first-order chi connectivity index (χ1) is 6.61. The van der Waals surface area contributed by atoms with Gasteiger partial charge in [0.15, 0.2) is 0 Å². The van der Waals surface area contributed by atoms with Crippen LogP contribution in [0.1, 0.15) is 20.3 Å². The molecule has 0 spiro atoms. The van der Waals surface area contributed by atoms with Crippen LogP contribution in [0.4, 0.5) is 0 Å². The van der Waals surface area contributed by atoms with E-state index in [0.29, 0.717) is 6.54 Å². The Hall–Kier alpha value is -1.32. The molecule has 0 radical (unpaired) electrons. The molecule has 1 amide bonds. The van der Waals surface area contributed by atoms with Crippen molar-refractivity contribution in [3.8, 4) is 0 Å². The lowest BCUT2D eigenvalue weighted by Gasteiger charge is -2.09. The number of ether oxygens (including phenoxy) is 1. The Balaban J connectivity index is 3.50. The zero-order valence-electron chi connectivity index (χ0n) is 8.71. The maximum atomic E-state index is 11.2. The summed E-state index contributed by atoms with van der Waals surface area (Å²) in [5, 5.41) is 2.66. The number of esters is 1. The number of hydrogen-bond donors (Lipinski definition) is 1. The summed E-state index contributed by atoms with van der Waals surface area (Å²) in [6, 6.07) is 0. The Morgan fingerprint density at radius 1 is 1.57 bits per heavy atom. The van der Waals surface area contributed by atoms with Crippen molar-refractivity contribution < 1.29 is 14.3 Å². The van der Waals surface area contributed by atoms with E-state index in [2.05, 4.69) is 16.6 Å². The predicted octanol–water partition coefficient (Wildman–Crippen LogP) is 0.878. The van der Waals surface area contributed by atoms with Crippen LogP contribution in [0.25, 0.3) is 0 Å². The summed E-state index contributed by atoms with van der Waals surface area (Å²) < 4.78 is 4.68. The second-order valence-corrected chi connectivity index (χ2v) is 2.97. The molecule has 0 rings (SSSR count). The molecule has 0 aliphatic carbocycles. The highest BCUT2D eigenvalue weighted by molar-refractivity contribution is 5.81.